The summed E-state index contributed by atoms with van der Waals surface area (Å²) in [5.74, 6) is 0.744. The van der Waals surface area contributed by atoms with Gasteiger partial charge in [-0.25, -0.2) is 15.0 Å². The van der Waals surface area contributed by atoms with Gasteiger partial charge in [0.15, 0.2) is 5.82 Å². The third-order valence-corrected chi connectivity index (χ3v) is 3.12. The van der Waals surface area contributed by atoms with Crippen LogP contribution in [0.4, 0.5) is 0 Å². The van der Waals surface area contributed by atoms with Crippen LogP contribution in [-0.4, -0.2) is 19.9 Å². The lowest BCUT2D eigenvalue weighted by atomic mass is 10.2. The Balaban J connectivity index is 2.17. The highest BCUT2D eigenvalue weighted by molar-refractivity contribution is 7.71. The average Bonchev–Trinajstić information content (AvgIpc) is 2.79. The highest BCUT2D eigenvalue weighted by Gasteiger charge is 2.15. The zero-order valence-electron chi connectivity index (χ0n) is 8.60. The summed E-state index contributed by atoms with van der Waals surface area (Å²) < 4.78 is 0.708. The van der Waals surface area contributed by atoms with Gasteiger partial charge in [-0.05, 0) is 25.3 Å². The third-order valence-electron chi connectivity index (χ3n) is 2.78. The zero-order valence-corrected chi connectivity index (χ0v) is 9.42. The van der Waals surface area contributed by atoms with Gasteiger partial charge in [-0.15, -0.1) is 0 Å². The molecule has 0 amide bonds. The summed E-state index contributed by atoms with van der Waals surface area (Å²) in [5, 5.41) is 0. The Hall–Kier alpha value is -1.62. The molecule has 0 radical (unpaired) electrons. The summed E-state index contributed by atoms with van der Waals surface area (Å²) in [7, 11) is 0. The molecule has 0 aromatic carbocycles. The minimum Gasteiger partial charge on any atom is -0.342 e. The molecule has 16 heavy (non-hydrogen) atoms. The molecule has 0 unspecified atom stereocenters. The first-order valence-corrected chi connectivity index (χ1v) is 5.64. The highest BCUT2D eigenvalue weighted by atomic mass is 32.1. The molecule has 5 heteroatoms. The van der Waals surface area contributed by atoms with Gasteiger partial charge in [0.2, 0.25) is 0 Å². The summed E-state index contributed by atoms with van der Waals surface area (Å²) in [4.78, 5) is 15.7. The van der Waals surface area contributed by atoms with Crippen LogP contribution in [0.1, 0.15) is 17.7 Å². The van der Waals surface area contributed by atoms with Crippen LogP contribution in [0.3, 0.4) is 0 Å². The number of aryl methyl sites for hydroxylation is 1. The van der Waals surface area contributed by atoms with Crippen molar-refractivity contribution < 1.29 is 0 Å². The van der Waals surface area contributed by atoms with E-state index in [1.54, 1.807) is 6.20 Å². The van der Waals surface area contributed by atoms with Crippen molar-refractivity contribution in [1.82, 2.24) is 19.9 Å². The van der Waals surface area contributed by atoms with Crippen molar-refractivity contribution in [3.05, 3.63) is 34.5 Å². The number of nitrogens with zero attached hydrogens (tertiary/aromatic N) is 3. The van der Waals surface area contributed by atoms with Crippen LogP contribution >= 0.6 is 12.2 Å². The topological polar surface area (TPSA) is 54.5 Å². The monoisotopic (exact) mass is 230 g/mol. The normalized spacial score (nSPS) is 13.8. The molecule has 4 nitrogen and oxygen atoms in total. The maximum Gasteiger partial charge on any atom is 0.157 e. The van der Waals surface area contributed by atoms with E-state index < -0.39 is 0 Å². The van der Waals surface area contributed by atoms with E-state index in [4.69, 9.17) is 12.2 Å². The number of aromatic amines is 1. The second-order valence-electron chi connectivity index (χ2n) is 3.80. The van der Waals surface area contributed by atoms with E-state index in [1.165, 1.54) is 17.6 Å². The maximum absolute atomic E-state index is 5.29. The Morgan fingerprint density at radius 1 is 1.31 bits per heavy atom. The van der Waals surface area contributed by atoms with Crippen LogP contribution in [0.25, 0.3) is 11.5 Å². The molecule has 0 atom stereocenters. The van der Waals surface area contributed by atoms with Crippen LogP contribution < -0.4 is 0 Å². The Kier molecular flexibility index (Phi) is 2.25. The number of fused-ring (bicyclic) bond motifs is 1. The lowest BCUT2D eigenvalue weighted by molar-refractivity contribution is 0.899. The Labute approximate surface area is 97.8 Å². The van der Waals surface area contributed by atoms with Crippen molar-refractivity contribution in [3.63, 3.8) is 0 Å². The van der Waals surface area contributed by atoms with E-state index in [1.807, 2.05) is 6.07 Å². The average molecular weight is 230 g/mol. The fraction of sp³-hybridized carbons (Fsp3) is 0.273. The summed E-state index contributed by atoms with van der Waals surface area (Å²) in [6, 6.07) is 1.83. The quantitative estimate of drug-likeness (QED) is 0.762. The van der Waals surface area contributed by atoms with Crippen LogP contribution in [0.5, 0.6) is 0 Å². The lowest BCUT2D eigenvalue weighted by Crippen LogP contribution is -1.98. The van der Waals surface area contributed by atoms with Gasteiger partial charge in [-0.1, -0.05) is 12.2 Å². The summed E-state index contributed by atoms with van der Waals surface area (Å²) in [6.45, 7) is 0. The SMILES string of the molecule is S=c1nc(-c2ccncn2)[nH]c2c1CCC2. The molecule has 1 aliphatic rings. The zero-order chi connectivity index (χ0) is 11.0. The number of rotatable bonds is 1. The Morgan fingerprint density at radius 3 is 3.06 bits per heavy atom. The van der Waals surface area contributed by atoms with Gasteiger partial charge in [0.05, 0.1) is 0 Å². The summed E-state index contributed by atoms with van der Waals surface area (Å²) >= 11 is 5.29. The smallest absolute Gasteiger partial charge is 0.157 e. The number of hydrogen-bond acceptors (Lipinski definition) is 4. The highest BCUT2D eigenvalue weighted by Crippen LogP contribution is 2.22. The van der Waals surface area contributed by atoms with Crippen molar-refractivity contribution in [2.75, 3.05) is 0 Å². The van der Waals surface area contributed by atoms with Gasteiger partial charge in [-0.2, -0.15) is 0 Å². The molecular formula is C11H10N4S. The predicted molar refractivity (Wildman–Crippen MR) is 62.5 cm³/mol. The Morgan fingerprint density at radius 2 is 2.25 bits per heavy atom. The molecule has 1 aliphatic carbocycles. The molecule has 0 saturated carbocycles. The van der Waals surface area contributed by atoms with Crippen molar-refractivity contribution in [3.8, 4) is 11.5 Å². The third kappa shape index (κ3) is 1.53. The van der Waals surface area contributed by atoms with E-state index >= 15 is 0 Å². The first kappa shape index (κ1) is 9.59. The van der Waals surface area contributed by atoms with Crippen LogP contribution in [0, 0.1) is 4.64 Å². The fourth-order valence-corrected chi connectivity index (χ4v) is 2.33. The number of H-pyrrole nitrogens is 1. The summed E-state index contributed by atoms with van der Waals surface area (Å²) in [5.41, 5.74) is 3.21. The minimum atomic E-state index is 0.708. The summed E-state index contributed by atoms with van der Waals surface area (Å²) in [6.07, 6.45) is 6.47. The lowest BCUT2D eigenvalue weighted by Gasteiger charge is -2.04. The predicted octanol–water partition coefficient (Wildman–Crippen LogP) is 2.08. The molecule has 2 heterocycles. The molecule has 2 aromatic heterocycles. The van der Waals surface area contributed by atoms with Gasteiger partial charge in [-0.3, -0.25) is 0 Å². The van der Waals surface area contributed by atoms with Crippen molar-refractivity contribution in [2.45, 2.75) is 19.3 Å². The minimum absolute atomic E-state index is 0.708. The van der Waals surface area contributed by atoms with Crippen molar-refractivity contribution in [2.24, 2.45) is 0 Å². The molecule has 0 saturated heterocycles. The number of hydrogen-bond donors (Lipinski definition) is 1. The Bertz CT molecular complexity index is 576. The van der Waals surface area contributed by atoms with E-state index in [0.29, 0.717) is 4.64 Å². The first-order chi connectivity index (χ1) is 7.84. The van der Waals surface area contributed by atoms with Crippen LogP contribution in [0.2, 0.25) is 0 Å². The molecule has 2 aromatic rings. The molecule has 1 N–H and O–H groups in total. The largest absolute Gasteiger partial charge is 0.342 e. The van der Waals surface area contributed by atoms with Gasteiger partial charge in [0.25, 0.3) is 0 Å². The molecular weight excluding hydrogens is 220 g/mol. The molecule has 3 rings (SSSR count). The molecule has 80 valence electrons. The van der Waals surface area contributed by atoms with Crippen LogP contribution in [-0.2, 0) is 12.8 Å². The molecule has 0 bridgehead atoms. The van der Waals surface area contributed by atoms with Crippen LogP contribution in [0.15, 0.2) is 18.6 Å². The second kappa shape index (κ2) is 3.75. The number of aromatic nitrogens is 4. The first-order valence-electron chi connectivity index (χ1n) is 5.23. The van der Waals surface area contributed by atoms with Gasteiger partial charge < -0.3 is 4.98 Å². The van der Waals surface area contributed by atoms with Gasteiger partial charge >= 0.3 is 0 Å². The molecule has 0 aliphatic heterocycles. The van der Waals surface area contributed by atoms with E-state index in [9.17, 15) is 0 Å². The second-order valence-corrected chi connectivity index (χ2v) is 4.18. The van der Waals surface area contributed by atoms with Gasteiger partial charge in [0, 0.05) is 17.5 Å². The number of nitrogens with one attached hydrogen (secondary N) is 1. The van der Waals surface area contributed by atoms with E-state index in [2.05, 4.69) is 19.9 Å². The maximum atomic E-state index is 5.29. The molecule has 0 fully saturated rings. The standard InChI is InChI=1S/C11H10N4S/c16-11-7-2-1-3-8(7)14-10(15-11)9-4-5-12-6-13-9/h4-6H,1-3H2,(H,14,15,16). The molecule has 0 spiro atoms. The van der Waals surface area contributed by atoms with E-state index in [0.717, 1.165) is 30.8 Å². The van der Waals surface area contributed by atoms with Gasteiger partial charge in [0.1, 0.15) is 16.7 Å². The van der Waals surface area contributed by atoms with Crippen molar-refractivity contribution in [1.29, 1.82) is 0 Å². The van der Waals surface area contributed by atoms with Crippen molar-refractivity contribution >= 4 is 12.2 Å². The van der Waals surface area contributed by atoms with E-state index in [-0.39, 0.29) is 0 Å². The fourth-order valence-electron chi connectivity index (χ4n) is 2.01.